The lowest BCUT2D eigenvalue weighted by Crippen LogP contribution is -2.39. The lowest BCUT2D eigenvalue weighted by molar-refractivity contribution is 0.0683. The number of aryl methyl sites for hydroxylation is 1. The lowest BCUT2D eigenvalue weighted by Gasteiger charge is -2.31. The zero-order valence-electron chi connectivity index (χ0n) is 12.1. The highest BCUT2D eigenvalue weighted by molar-refractivity contribution is 5.97. The highest BCUT2D eigenvalue weighted by atomic mass is 16.2. The number of rotatable bonds is 1. The van der Waals surface area contributed by atoms with Crippen molar-refractivity contribution in [1.82, 2.24) is 4.90 Å². The van der Waals surface area contributed by atoms with Gasteiger partial charge < -0.3 is 10.0 Å². The first-order valence-electron chi connectivity index (χ1n) is 7.11. The number of aliphatic hydroxyl groups excluding tert-OH is 1. The zero-order chi connectivity index (χ0) is 14.5. The second-order valence-corrected chi connectivity index (χ2v) is 5.51. The molecule has 0 bridgehead atoms. The van der Waals surface area contributed by atoms with Gasteiger partial charge in [-0.1, -0.05) is 24.8 Å². The van der Waals surface area contributed by atoms with E-state index in [1.54, 1.807) is 0 Å². The summed E-state index contributed by atoms with van der Waals surface area (Å²) in [5.41, 5.74) is 2.42. The second kappa shape index (κ2) is 6.58. The Kier molecular flexibility index (Phi) is 4.81. The summed E-state index contributed by atoms with van der Waals surface area (Å²) in [5.74, 6) is 6.14. The molecule has 3 nitrogen and oxygen atoms in total. The third kappa shape index (κ3) is 3.40. The standard InChI is InChI=1S/C17H21NO2/c1-13-7-8-16(15(11-13)6-4-10-19)17(20)18-9-3-5-14(2)12-18/h7-8,11,14,19H,3,5,9-10,12H2,1-2H3. The van der Waals surface area contributed by atoms with Gasteiger partial charge in [0, 0.05) is 18.7 Å². The third-order valence-corrected chi connectivity index (χ3v) is 3.65. The van der Waals surface area contributed by atoms with E-state index in [0.29, 0.717) is 17.0 Å². The molecular weight excluding hydrogens is 250 g/mol. The van der Waals surface area contributed by atoms with Crippen LogP contribution in [0.3, 0.4) is 0 Å². The predicted octanol–water partition coefficient (Wildman–Crippen LogP) is 2.21. The number of carbonyl (C=O) groups is 1. The van der Waals surface area contributed by atoms with Crippen molar-refractivity contribution >= 4 is 5.91 Å². The average molecular weight is 271 g/mol. The molecule has 1 fully saturated rings. The van der Waals surface area contributed by atoms with Gasteiger partial charge in [-0.05, 0) is 43.4 Å². The Morgan fingerprint density at radius 1 is 1.50 bits per heavy atom. The van der Waals surface area contributed by atoms with Crippen LogP contribution in [0.15, 0.2) is 18.2 Å². The van der Waals surface area contributed by atoms with Crippen molar-refractivity contribution in [2.24, 2.45) is 5.92 Å². The zero-order valence-corrected chi connectivity index (χ0v) is 12.1. The third-order valence-electron chi connectivity index (χ3n) is 3.65. The molecule has 1 N–H and O–H groups in total. The quantitative estimate of drug-likeness (QED) is 0.796. The van der Waals surface area contributed by atoms with Crippen molar-refractivity contribution in [3.8, 4) is 11.8 Å². The van der Waals surface area contributed by atoms with Gasteiger partial charge >= 0.3 is 0 Å². The SMILES string of the molecule is Cc1ccc(C(=O)N2CCCC(C)C2)c(C#CCO)c1. The van der Waals surface area contributed by atoms with Crippen LogP contribution < -0.4 is 0 Å². The number of likely N-dealkylation sites (tertiary alicyclic amines) is 1. The molecule has 0 aliphatic carbocycles. The minimum atomic E-state index is -0.192. The van der Waals surface area contributed by atoms with Crippen LogP contribution in [-0.2, 0) is 0 Å². The number of aliphatic hydroxyl groups is 1. The van der Waals surface area contributed by atoms with Crippen molar-refractivity contribution in [3.05, 3.63) is 34.9 Å². The Balaban J connectivity index is 2.29. The summed E-state index contributed by atoms with van der Waals surface area (Å²) in [7, 11) is 0. The van der Waals surface area contributed by atoms with Crippen LogP contribution in [0.25, 0.3) is 0 Å². The molecule has 0 aromatic heterocycles. The van der Waals surface area contributed by atoms with Gasteiger partial charge in [-0.25, -0.2) is 0 Å². The Morgan fingerprint density at radius 3 is 3.00 bits per heavy atom. The van der Waals surface area contributed by atoms with E-state index in [0.717, 1.165) is 25.1 Å². The molecule has 106 valence electrons. The normalized spacial score (nSPS) is 18.4. The molecule has 1 heterocycles. The smallest absolute Gasteiger partial charge is 0.255 e. The summed E-state index contributed by atoms with van der Waals surface area (Å²) in [6, 6.07) is 5.69. The molecule has 1 aliphatic rings. The summed E-state index contributed by atoms with van der Waals surface area (Å²) in [4.78, 5) is 14.6. The second-order valence-electron chi connectivity index (χ2n) is 5.51. The topological polar surface area (TPSA) is 40.5 Å². The summed E-state index contributed by atoms with van der Waals surface area (Å²) in [6.07, 6.45) is 2.26. The number of carbonyl (C=O) groups excluding carboxylic acids is 1. The summed E-state index contributed by atoms with van der Waals surface area (Å²) < 4.78 is 0. The van der Waals surface area contributed by atoms with Gasteiger partial charge in [-0.15, -0.1) is 0 Å². The number of piperidine rings is 1. The van der Waals surface area contributed by atoms with Crippen molar-refractivity contribution in [1.29, 1.82) is 0 Å². The van der Waals surface area contributed by atoms with Gasteiger partial charge in [-0.2, -0.15) is 0 Å². The van der Waals surface area contributed by atoms with E-state index in [-0.39, 0.29) is 12.5 Å². The predicted molar refractivity (Wildman–Crippen MR) is 79.4 cm³/mol. The molecule has 1 aromatic carbocycles. The van der Waals surface area contributed by atoms with Gasteiger partial charge in [-0.3, -0.25) is 4.79 Å². The molecular formula is C17H21NO2. The van der Waals surface area contributed by atoms with E-state index in [2.05, 4.69) is 18.8 Å². The van der Waals surface area contributed by atoms with E-state index >= 15 is 0 Å². The molecule has 1 saturated heterocycles. The molecule has 1 aliphatic heterocycles. The number of hydrogen-bond acceptors (Lipinski definition) is 2. The van der Waals surface area contributed by atoms with Gasteiger partial charge in [0.2, 0.25) is 0 Å². The van der Waals surface area contributed by atoms with Crippen LogP contribution in [0, 0.1) is 24.7 Å². The van der Waals surface area contributed by atoms with Crippen molar-refractivity contribution in [3.63, 3.8) is 0 Å². The molecule has 0 spiro atoms. The fraction of sp³-hybridized carbons (Fsp3) is 0.471. The van der Waals surface area contributed by atoms with E-state index in [1.165, 1.54) is 6.42 Å². The highest BCUT2D eigenvalue weighted by Crippen LogP contribution is 2.20. The monoisotopic (exact) mass is 271 g/mol. The van der Waals surface area contributed by atoms with Gasteiger partial charge in [0.05, 0.1) is 5.56 Å². The van der Waals surface area contributed by atoms with Crippen molar-refractivity contribution in [2.75, 3.05) is 19.7 Å². The maximum Gasteiger partial charge on any atom is 0.255 e. The molecule has 1 amide bonds. The van der Waals surface area contributed by atoms with Crippen LogP contribution in [0.2, 0.25) is 0 Å². The first kappa shape index (κ1) is 14.6. The van der Waals surface area contributed by atoms with Crippen LogP contribution >= 0.6 is 0 Å². The molecule has 3 heteroatoms. The fourth-order valence-corrected chi connectivity index (χ4v) is 2.63. The number of benzene rings is 1. The van der Waals surface area contributed by atoms with E-state index in [1.807, 2.05) is 30.0 Å². The Morgan fingerprint density at radius 2 is 2.30 bits per heavy atom. The highest BCUT2D eigenvalue weighted by Gasteiger charge is 2.23. The number of amides is 1. The van der Waals surface area contributed by atoms with Crippen molar-refractivity contribution in [2.45, 2.75) is 26.7 Å². The minimum Gasteiger partial charge on any atom is -0.384 e. The summed E-state index contributed by atoms with van der Waals surface area (Å²) >= 11 is 0. The lowest BCUT2D eigenvalue weighted by atomic mass is 9.98. The largest absolute Gasteiger partial charge is 0.384 e. The molecule has 0 radical (unpaired) electrons. The van der Waals surface area contributed by atoms with Crippen LogP contribution in [0.5, 0.6) is 0 Å². The molecule has 1 aromatic rings. The fourth-order valence-electron chi connectivity index (χ4n) is 2.63. The minimum absolute atomic E-state index is 0.0544. The Labute approximate surface area is 120 Å². The Bertz CT molecular complexity index is 554. The molecule has 1 atom stereocenters. The maximum absolute atomic E-state index is 12.6. The van der Waals surface area contributed by atoms with Gasteiger partial charge in [0.1, 0.15) is 6.61 Å². The van der Waals surface area contributed by atoms with E-state index in [9.17, 15) is 4.79 Å². The molecule has 20 heavy (non-hydrogen) atoms. The van der Waals surface area contributed by atoms with E-state index in [4.69, 9.17) is 5.11 Å². The first-order valence-corrected chi connectivity index (χ1v) is 7.11. The van der Waals surface area contributed by atoms with E-state index < -0.39 is 0 Å². The Hall–Kier alpha value is -1.79. The van der Waals surface area contributed by atoms with Crippen LogP contribution in [0.1, 0.15) is 41.3 Å². The summed E-state index contributed by atoms with van der Waals surface area (Å²) in [5, 5.41) is 8.84. The average Bonchev–Trinajstić information content (AvgIpc) is 2.44. The summed E-state index contributed by atoms with van der Waals surface area (Å²) in [6.45, 7) is 5.61. The van der Waals surface area contributed by atoms with Crippen LogP contribution in [-0.4, -0.2) is 35.6 Å². The number of nitrogens with zero attached hydrogens (tertiary/aromatic N) is 1. The number of hydrogen-bond donors (Lipinski definition) is 1. The van der Waals surface area contributed by atoms with Crippen molar-refractivity contribution < 1.29 is 9.90 Å². The maximum atomic E-state index is 12.6. The van der Waals surface area contributed by atoms with Crippen LogP contribution in [0.4, 0.5) is 0 Å². The van der Waals surface area contributed by atoms with Gasteiger partial charge in [0.15, 0.2) is 0 Å². The molecule has 2 rings (SSSR count). The first-order chi connectivity index (χ1) is 9.61. The van der Waals surface area contributed by atoms with Gasteiger partial charge in [0.25, 0.3) is 5.91 Å². The molecule has 1 unspecified atom stereocenters. The molecule has 0 saturated carbocycles.